The molecule has 0 aromatic rings. The van der Waals surface area contributed by atoms with Crippen LogP contribution in [0, 0.1) is 17.8 Å². The van der Waals surface area contributed by atoms with E-state index in [1.54, 1.807) is 0 Å². The molecule has 636 valence electrons. The lowest BCUT2D eigenvalue weighted by molar-refractivity contribution is -0.161. The predicted octanol–water partition coefficient (Wildman–Crippen LogP) is 26.9. The number of hydrogen-bond acceptors (Lipinski definition) is 15. The molecule has 0 aromatic carbocycles. The van der Waals surface area contributed by atoms with Crippen molar-refractivity contribution in [2.45, 2.75) is 484 Å². The summed E-state index contributed by atoms with van der Waals surface area (Å²) in [5, 5.41) is 10.7. The predicted molar refractivity (Wildman–Crippen MR) is 441 cm³/mol. The number of phosphoric ester groups is 2. The van der Waals surface area contributed by atoms with Crippen LogP contribution in [-0.4, -0.2) is 96.7 Å². The molecular weight excluding hydrogens is 1390 g/mol. The Morgan fingerprint density at radius 1 is 0.271 bits per heavy atom. The molecule has 0 aliphatic heterocycles. The molecule has 17 nitrogen and oxygen atoms in total. The number of carbonyl (C=O) groups is 4. The maximum absolute atomic E-state index is 13.2. The Morgan fingerprint density at radius 2 is 0.477 bits per heavy atom. The van der Waals surface area contributed by atoms with Crippen molar-refractivity contribution in [2.75, 3.05) is 39.6 Å². The molecule has 0 fully saturated rings. The largest absolute Gasteiger partial charge is 0.472 e. The average Bonchev–Trinajstić information content (AvgIpc) is 0.918. The third kappa shape index (κ3) is 80.5. The summed E-state index contributed by atoms with van der Waals surface area (Å²) < 4.78 is 69.0. The number of aliphatic hydroxyl groups excluding tert-OH is 1. The molecule has 0 aromatic heterocycles. The maximum Gasteiger partial charge on any atom is 0.472 e. The van der Waals surface area contributed by atoms with Crippen LogP contribution in [0.4, 0.5) is 0 Å². The fourth-order valence-electron chi connectivity index (χ4n) is 13.7. The zero-order valence-corrected chi connectivity index (χ0v) is 72.4. The zero-order valence-electron chi connectivity index (χ0n) is 70.6. The van der Waals surface area contributed by atoms with Gasteiger partial charge in [-0.3, -0.25) is 37.3 Å². The van der Waals surface area contributed by atoms with Gasteiger partial charge in [0.1, 0.15) is 19.3 Å². The summed E-state index contributed by atoms with van der Waals surface area (Å²) in [4.78, 5) is 73.3. The molecule has 0 radical (unpaired) electrons. The van der Waals surface area contributed by atoms with Gasteiger partial charge in [0.25, 0.3) is 0 Å². The highest BCUT2D eigenvalue weighted by Gasteiger charge is 2.31. The van der Waals surface area contributed by atoms with Gasteiger partial charge < -0.3 is 33.8 Å². The Hall–Kier alpha value is -1.94. The Morgan fingerprint density at radius 3 is 0.710 bits per heavy atom. The fraction of sp³-hybridized carbons (Fsp3) is 0.955. The van der Waals surface area contributed by atoms with Crippen LogP contribution in [0.15, 0.2) is 0 Å². The highest BCUT2D eigenvalue weighted by Crippen LogP contribution is 2.45. The van der Waals surface area contributed by atoms with Gasteiger partial charge in [-0.1, -0.05) is 414 Å². The first-order valence-corrected chi connectivity index (χ1v) is 48.4. The number of esters is 4. The number of hydrogen-bond donors (Lipinski definition) is 3. The molecule has 3 N–H and O–H groups in total. The van der Waals surface area contributed by atoms with E-state index < -0.39 is 97.5 Å². The van der Waals surface area contributed by atoms with Crippen molar-refractivity contribution >= 4 is 39.5 Å². The molecule has 0 saturated heterocycles. The summed E-state index contributed by atoms with van der Waals surface area (Å²) in [6.07, 6.45) is 69.3. The van der Waals surface area contributed by atoms with Gasteiger partial charge in [0, 0.05) is 25.7 Å². The number of unbranched alkanes of at least 4 members (excludes halogenated alkanes) is 53. The van der Waals surface area contributed by atoms with Crippen LogP contribution in [0.2, 0.25) is 0 Å². The first kappa shape index (κ1) is 105. The quantitative estimate of drug-likeness (QED) is 0.0222. The number of aliphatic hydroxyl groups is 1. The molecule has 0 amide bonds. The van der Waals surface area contributed by atoms with Crippen molar-refractivity contribution in [3.63, 3.8) is 0 Å². The minimum atomic E-state index is -4.97. The van der Waals surface area contributed by atoms with Gasteiger partial charge in [0.2, 0.25) is 0 Å². The van der Waals surface area contributed by atoms with Crippen LogP contribution in [-0.2, 0) is 65.4 Å². The van der Waals surface area contributed by atoms with Crippen molar-refractivity contribution in [1.82, 2.24) is 0 Å². The minimum Gasteiger partial charge on any atom is -0.462 e. The van der Waals surface area contributed by atoms with Crippen molar-refractivity contribution in [3.8, 4) is 0 Å². The molecule has 3 unspecified atom stereocenters. The van der Waals surface area contributed by atoms with Gasteiger partial charge in [0.05, 0.1) is 26.4 Å². The van der Waals surface area contributed by atoms with Crippen LogP contribution in [0.5, 0.6) is 0 Å². The second-order valence-electron chi connectivity index (χ2n) is 32.8. The summed E-state index contributed by atoms with van der Waals surface area (Å²) in [7, 11) is -9.93. The van der Waals surface area contributed by atoms with Crippen LogP contribution in [0.1, 0.15) is 466 Å². The summed E-state index contributed by atoms with van der Waals surface area (Å²) >= 11 is 0. The molecule has 6 atom stereocenters. The third-order valence-corrected chi connectivity index (χ3v) is 22.9. The fourth-order valence-corrected chi connectivity index (χ4v) is 15.3. The van der Waals surface area contributed by atoms with E-state index in [1.807, 2.05) is 0 Å². The van der Waals surface area contributed by atoms with E-state index in [4.69, 9.17) is 37.0 Å². The monoisotopic (exact) mass is 1560 g/mol. The number of rotatable bonds is 86. The molecule has 0 spiro atoms. The average molecular weight is 1560 g/mol. The van der Waals surface area contributed by atoms with Gasteiger partial charge in [-0.15, -0.1) is 0 Å². The molecule has 0 bridgehead atoms. The van der Waals surface area contributed by atoms with E-state index >= 15 is 0 Å². The van der Waals surface area contributed by atoms with E-state index in [2.05, 4.69) is 48.5 Å². The van der Waals surface area contributed by atoms with Crippen molar-refractivity contribution < 1.29 is 80.2 Å². The van der Waals surface area contributed by atoms with Crippen LogP contribution < -0.4 is 0 Å². The van der Waals surface area contributed by atoms with E-state index in [0.29, 0.717) is 25.7 Å². The van der Waals surface area contributed by atoms with E-state index in [-0.39, 0.29) is 25.7 Å². The van der Waals surface area contributed by atoms with Gasteiger partial charge in [-0.05, 0) is 43.4 Å². The molecule has 19 heteroatoms. The Bertz CT molecular complexity index is 2060. The highest BCUT2D eigenvalue weighted by atomic mass is 31.2. The van der Waals surface area contributed by atoms with Crippen molar-refractivity contribution in [1.29, 1.82) is 0 Å². The molecule has 0 aliphatic carbocycles. The third-order valence-electron chi connectivity index (χ3n) is 21.0. The van der Waals surface area contributed by atoms with Gasteiger partial charge in [-0.2, -0.15) is 0 Å². The summed E-state index contributed by atoms with van der Waals surface area (Å²) in [5.41, 5.74) is 0. The SMILES string of the molecule is CCCCCCCCCCCCCC(=O)OC[C@H](COP(=O)(O)OC[C@H](O)COP(=O)(O)OC[C@@H](COC(=O)CCCCCCCCCCCCCCCCCC(C)C)OC(=O)CCCCCCCCCCCCCCCCCCCCC(C)CC)OC(=O)CCCCCCCCCCCCCCCC(C)C. The standard InChI is InChI=1S/C88H172O17P2/c1-8-10-11-12-13-14-31-41-48-55-62-69-85(90)98-75-83(104-88(93)72-65-58-51-44-37-30-24-26-33-39-46-53-60-67-80(5)6)77-102-106(94,95)100-73-82(89)74-101-107(96,97)103-78-84(76-99-86(91)70-63-56-49-42-35-28-23-19-20-25-32-38-45-52-59-66-79(3)4)105-87(92)71-64-57-50-43-36-29-22-18-16-15-17-21-27-34-40-47-54-61-68-81(7)9-2/h79-84,89H,8-78H2,1-7H3,(H,94,95)(H,96,97)/t81?,82-,83+,84+/m0/s1. The highest BCUT2D eigenvalue weighted by molar-refractivity contribution is 7.47. The summed E-state index contributed by atoms with van der Waals surface area (Å²) in [5.74, 6) is 0.363. The van der Waals surface area contributed by atoms with Crippen LogP contribution >= 0.6 is 15.6 Å². The molecular formula is C88H172O17P2. The van der Waals surface area contributed by atoms with Crippen LogP contribution in [0.25, 0.3) is 0 Å². The topological polar surface area (TPSA) is 237 Å². The number of ether oxygens (including phenoxy) is 4. The molecule has 107 heavy (non-hydrogen) atoms. The summed E-state index contributed by atoms with van der Waals surface area (Å²) in [6.45, 7) is 12.1. The normalized spacial score (nSPS) is 14.1. The van der Waals surface area contributed by atoms with Crippen LogP contribution in [0.3, 0.4) is 0 Å². The minimum absolute atomic E-state index is 0.108. The lowest BCUT2D eigenvalue weighted by atomic mass is 9.99. The van der Waals surface area contributed by atoms with E-state index in [1.165, 1.54) is 276 Å². The lowest BCUT2D eigenvalue weighted by Crippen LogP contribution is -2.30. The van der Waals surface area contributed by atoms with Crippen molar-refractivity contribution in [3.05, 3.63) is 0 Å². The molecule has 0 rings (SSSR count). The smallest absolute Gasteiger partial charge is 0.462 e. The first-order chi connectivity index (χ1) is 51.8. The number of carbonyl (C=O) groups excluding carboxylic acids is 4. The van der Waals surface area contributed by atoms with E-state index in [9.17, 15) is 43.2 Å². The lowest BCUT2D eigenvalue weighted by Gasteiger charge is -2.21. The Balaban J connectivity index is 5.24. The van der Waals surface area contributed by atoms with E-state index in [0.717, 1.165) is 108 Å². The summed E-state index contributed by atoms with van der Waals surface area (Å²) in [6, 6.07) is 0. The molecule has 0 saturated carbocycles. The molecule has 0 heterocycles. The second kappa shape index (κ2) is 78.0. The van der Waals surface area contributed by atoms with Gasteiger partial charge in [0.15, 0.2) is 12.2 Å². The van der Waals surface area contributed by atoms with Gasteiger partial charge in [-0.25, -0.2) is 9.13 Å². The van der Waals surface area contributed by atoms with Gasteiger partial charge >= 0.3 is 39.5 Å². The zero-order chi connectivity index (χ0) is 78.6. The second-order valence-corrected chi connectivity index (χ2v) is 35.7. The Labute approximate surface area is 658 Å². The Kier molecular flexibility index (Phi) is 76.6. The molecule has 0 aliphatic rings. The number of phosphoric acid groups is 2. The van der Waals surface area contributed by atoms with Crippen molar-refractivity contribution in [2.24, 2.45) is 17.8 Å². The maximum atomic E-state index is 13.2. The first-order valence-electron chi connectivity index (χ1n) is 45.4.